The predicted molar refractivity (Wildman–Crippen MR) is 189 cm³/mol. The number of aliphatic hydroxyl groups excluding tert-OH is 1. The Bertz CT molecular complexity index is 1450. The SMILES string of the molecule is C=CCCCCOC(=O)[C@@H]1[C@H]2C(=O)N([C@H](CO)c3ccccc3)C(C(=O)N(CC=C)c3ccc(N(CC)CC)cc3)C23CC[C@@]1(C)S3. The number of hydrogen-bond acceptors (Lipinski definition) is 7. The molecule has 2 amide bonds. The van der Waals surface area contributed by atoms with Gasteiger partial charge in [0.25, 0.3) is 5.91 Å². The van der Waals surface area contributed by atoms with Gasteiger partial charge >= 0.3 is 5.97 Å². The molecule has 2 bridgehead atoms. The highest BCUT2D eigenvalue weighted by molar-refractivity contribution is 8.02. The second-order valence-corrected chi connectivity index (χ2v) is 14.9. The van der Waals surface area contributed by atoms with Crippen molar-refractivity contribution in [3.63, 3.8) is 0 Å². The minimum Gasteiger partial charge on any atom is -0.465 e. The summed E-state index contributed by atoms with van der Waals surface area (Å²) in [6.45, 7) is 15.9. The molecule has 0 radical (unpaired) electrons. The van der Waals surface area contributed by atoms with Crippen LogP contribution < -0.4 is 9.80 Å². The molecule has 2 aromatic carbocycles. The molecule has 0 saturated carbocycles. The average Bonchev–Trinajstić information content (AvgIpc) is 3.65. The van der Waals surface area contributed by atoms with Crippen LogP contribution in [-0.4, -0.2) is 76.2 Å². The molecular formula is C38H49N3O5S. The molecule has 1 spiro atoms. The van der Waals surface area contributed by atoms with Crippen molar-refractivity contribution in [3.8, 4) is 0 Å². The lowest BCUT2D eigenvalue weighted by Gasteiger charge is -2.39. The molecular weight excluding hydrogens is 611 g/mol. The number of fused-ring (bicyclic) bond motifs is 1. The number of aliphatic hydroxyl groups is 1. The Labute approximate surface area is 283 Å². The molecule has 5 rings (SSSR count). The summed E-state index contributed by atoms with van der Waals surface area (Å²) in [4.78, 5) is 49.3. The zero-order valence-electron chi connectivity index (χ0n) is 28.0. The zero-order chi connectivity index (χ0) is 33.8. The van der Waals surface area contributed by atoms with Crippen molar-refractivity contribution in [2.45, 2.75) is 74.5 Å². The molecule has 3 saturated heterocycles. The number of rotatable bonds is 16. The monoisotopic (exact) mass is 659 g/mol. The lowest BCUT2D eigenvalue weighted by atomic mass is 9.66. The van der Waals surface area contributed by atoms with Crippen molar-refractivity contribution in [2.24, 2.45) is 11.8 Å². The molecule has 3 aliphatic heterocycles. The standard InChI is InChI=1S/C38H49N3O5S/c1-6-10-11-15-25-46-36(45)32-31-34(43)41(30(26-42)27-16-13-12-14-17-27)33(38(31)23-22-37(32,5)47-38)35(44)40(24-7-2)29-20-18-28(19-21-29)39(8-3)9-4/h6-7,12-14,16-21,30-33,42H,1-2,8-11,15,22-26H2,3-5H3/t30-,31+,32+,33?,37-,38?/m1/s1. The number of carbonyl (C=O) groups is 3. The largest absolute Gasteiger partial charge is 0.465 e. The number of unbranched alkanes of at least 4 members (excludes halogenated alkanes) is 2. The van der Waals surface area contributed by atoms with Gasteiger partial charge in [0.15, 0.2) is 0 Å². The molecule has 47 heavy (non-hydrogen) atoms. The van der Waals surface area contributed by atoms with E-state index in [4.69, 9.17) is 4.74 Å². The van der Waals surface area contributed by atoms with Crippen LogP contribution in [0.25, 0.3) is 0 Å². The Morgan fingerprint density at radius 3 is 2.34 bits per heavy atom. The normalized spacial score (nSPS) is 26.5. The smallest absolute Gasteiger partial charge is 0.311 e. The van der Waals surface area contributed by atoms with Crippen molar-refractivity contribution < 1.29 is 24.2 Å². The van der Waals surface area contributed by atoms with Gasteiger partial charge in [-0.25, -0.2) is 0 Å². The third kappa shape index (κ3) is 6.24. The van der Waals surface area contributed by atoms with Crippen molar-refractivity contribution in [1.29, 1.82) is 0 Å². The number of hydrogen-bond donors (Lipinski definition) is 1. The molecule has 252 valence electrons. The summed E-state index contributed by atoms with van der Waals surface area (Å²) in [5, 5.41) is 10.8. The fourth-order valence-electron chi connectivity index (χ4n) is 8.05. The maximum absolute atomic E-state index is 15.1. The van der Waals surface area contributed by atoms with Crippen LogP contribution in [0.3, 0.4) is 0 Å². The summed E-state index contributed by atoms with van der Waals surface area (Å²) in [5.41, 5.74) is 2.51. The highest BCUT2D eigenvalue weighted by Gasteiger charge is 2.78. The summed E-state index contributed by atoms with van der Waals surface area (Å²) >= 11 is 1.61. The molecule has 8 nitrogen and oxygen atoms in total. The maximum Gasteiger partial charge on any atom is 0.311 e. The number of thioether (sulfide) groups is 1. The van der Waals surface area contributed by atoms with Crippen molar-refractivity contribution >= 4 is 40.9 Å². The third-order valence-corrected chi connectivity index (χ3v) is 12.3. The highest BCUT2D eigenvalue weighted by Crippen LogP contribution is 2.72. The summed E-state index contributed by atoms with van der Waals surface area (Å²) in [6, 6.07) is 15.6. The minimum absolute atomic E-state index is 0.235. The van der Waals surface area contributed by atoms with E-state index in [1.165, 1.54) is 0 Å². The summed E-state index contributed by atoms with van der Waals surface area (Å²) in [5.74, 6) is -2.31. The number of esters is 1. The Balaban J connectivity index is 1.56. The first-order valence-electron chi connectivity index (χ1n) is 16.9. The van der Waals surface area contributed by atoms with Gasteiger partial charge in [0.05, 0.1) is 35.8 Å². The average molecular weight is 660 g/mol. The highest BCUT2D eigenvalue weighted by atomic mass is 32.2. The van der Waals surface area contributed by atoms with E-state index >= 15 is 4.79 Å². The third-order valence-electron chi connectivity index (χ3n) is 10.3. The Morgan fingerprint density at radius 1 is 1.04 bits per heavy atom. The number of benzene rings is 2. The van der Waals surface area contributed by atoms with Gasteiger partial charge in [-0.1, -0.05) is 42.5 Å². The lowest BCUT2D eigenvalue weighted by molar-refractivity contribution is -0.156. The number of ether oxygens (including phenoxy) is 1. The van der Waals surface area contributed by atoms with Crippen LogP contribution in [0.15, 0.2) is 79.9 Å². The fourth-order valence-corrected chi connectivity index (χ4v) is 10.4. The molecule has 6 atom stereocenters. The van der Waals surface area contributed by atoms with Gasteiger partial charge in [0.1, 0.15) is 6.04 Å². The van der Waals surface area contributed by atoms with Gasteiger partial charge in [0, 0.05) is 35.8 Å². The van der Waals surface area contributed by atoms with Gasteiger partial charge in [-0.15, -0.1) is 24.9 Å². The molecule has 0 aliphatic carbocycles. The molecule has 3 fully saturated rings. The van der Waals surface area contributed by atoms with E-state index in [2.05, 4.69) is 31.9 Å². The number of nitrogens with zero attached hydrogens (tertiary/aromatic N) is 3. The van der Waals surface area contributed by atoms with Crippen LogP contribution in [0.2, 0.25) is 0 Å². The second-order valence-electron chi connectivity index (χ2n) is 13.0. The molecule has 0 aromatic heterocycles. The van der Waals surface area contributed by atoms with Crippen molar-refractivity contribution in [3.05, 3.63) is 85.5 Å². The van der Waals surface area contributed by atoms with Gasteiger partial charge in [-0.2, -0.15) is 0 Å². The summed E-state index contributed by atoms with van der Waals surface area (Å²) in [7, 11) is 0. The Hall–Kier alpha value is -3.56. The zero-order valence-corrected chi connectivity index (χ0v) is 28.8. The minimum atomic E-state index is -0.906. The topological polar surface area (TPSA) is 90.4 Å². The van der Waals surface area contributed by atoms with Crippen LogP contribution in [0.4, 0.5) is 11.4 Å². The van der Waals surface area contributed by atoms with Crippen LogP contribution in [0.1, 0.15) is 64.5 Å². The number of likely N-dealkylation sites (tertiary alicyclic amines) is 1. The molecule has 3 aliphatic rings. The van der Waals surface area contributed by atoms with Crippen LogP contribution >= 0.6 is 11.8 Å². The Kier molecular flexibility index (Phi) is 10.9. The van der Waals surface area contributed by atoms with Crippen molar-refractivity contribution in [2.75, 3.05) is 42.6 Å². The van der Waals surface area contributed by atoms with Gasteiger partial charge < -0.3 is 24.5 Å². The molecule has 9 heteroatoms. The first-order valence-corrected chi connectivity index (χ1v) is 17.8. The number of carbonyl (C=O) groups excluding carboxylic acids is 3. The van der Waals surface area contributed by atoms with E-state index in [1.807, 2.05) is 67.6 Å². The van der Waals surface area contributed by atoms with Crippen LogP contribution in [0.5, 0.6) is 0 Å². The van der Waals surface area contributed by atoms with E-state index in [9.17, 15) is 14.7 Å². The number of amides is 2. The van der Waals surface area contributed by atoms with Crippen LogP contribution in [0, 0.1) is 11.8 Å². The maximum atomic E-state index is 15.1. The molecule has 1 N–H and O–H groups in total. The van der Waals surface area contributed by atoms with E-state index in [1.54, 1.807) is 27.6 Å². The van der Waals surface area contributed by atoms with Crippen LogP contribution in [-0.2, 0) is 19.1 Å². The molecule has 2 unspecified atom stereocenters. The van der Waals surface area contributed by atoms with Gasteiger partial charge in [-0.3, -0.25) is 14.4 Å². The van der Waals surface area contributed by atoms with Gasteiger partial charge in [-0.05, 0) is 82.7 Å². The number of allylic oxidation sites excluding steroid dienone is 1. The fraction of sp³-hybridized carbons (Fsp3) is 0.500. The van der Waals surface area contributed by atoms with E-state index in [0.29, 0.717) is 18.5 Å². The van der Waals surface area contributed by atoms with Gasteiger partial charge in [0.2, 0.25) is 5.91 Å². The predicted octanol–water partition coefficient (Wildman–Crippen LogP) is 6.17. The first kappa shape index (κ1) is 34.8. The quantitative estimate of drug-likeness (QED) is 0.131. The number of anilines is 2. The van der Waals surface area contributed by atoms with Crippen molar-refractivity contribution in [1.82, 2.24) is 4.90 Å². The first-order chi connectivity index (χ1) is 22.7. The van der Waals surface area contributed by atoms with E-state index in [-0.39, 0.29) is 37.5 Å². The molecule has 2 aromatic rings. The van der Waals surface area contributed by atoms with E-state index < -0.39 is 33.4 Å². The van der Waals surface area contributed by atoms with E-state index in [0.717, 1.165) is 43.6 Å². The lowest BCUT2D eigenvalue weighted by Crippen LogP contribution is -2.56. The summed E-state index contributed by atoms with van der Waals surface area (Å²) in [6.07, 6.45) is 7.27. The molecule has 3 heterocycles. The second kappa shape index (κ2) is 14.7. The summed E-state index contributed by atoms with van der Waals surface area (Å²) < 4.78 is 4.44. The Morgan fingerprint density at radius 2 is 1.72 bits per heavy atom.